The molecule has 0 saturated carbocycles. The summed E-state index contributed by atoms with van der Waals surface area (Å²) in [7, 11) is 0. The molecular weight excluding hydrogens is 232 g/mol. The maximum atomic E-state index is 11.6. The summed E-state index contributed by atoms with van der Waals surface area (Å²) in [4.78, 5) is 22.7. The van der Waals surface area contributed by atoms with Gasteiger partial charge in [-0.3, -0.25) is 0 Å². The second kappa shape index (κ2) is 5.53. The molecule has 0 aromatic heterocycles. The van der Waals surface area contributed by atoms with Crippen molar-refractivity contribution in [3.63, 3.8) is 0 Å². The zero-order chi connectivity index (χ0) is 13.0. The molecule has 2 amide bonds. The van der Waals surface area contributed by atoms with E-state index in [2.05, 4.69) is 10.6 Å². The van der Waals surface area contributed by atoms with Crippen LogP contribution in [-0.2, 0) is 16.1 Å². The Labute approximate surface area is 106 Å². The van der Waals surface area contributed by atoms with E-state index in [1.165, 1.54) is 5.56 Å². The van der Waals surface area contributed by atoms with Gasteiger partial charge >= 0.3 is 12.0 Å². The molecule has 1 atom stereocenters. The van der Waals surface area contributed by atoms with E-state index in [1.54, 1.807) is 0 Å². The number of hydrogen-bond acceptors (Lipinski definition) is 3. The number of carbonyl (C=O) groups is 2. The van der Waals surface area contributed by atoms with Gasteiger partial charge in [0.2, 0.25) is 0 Å². The smallest absolute Gasteiger partial charge is 0.328 e. The number of rotatable bonds is 3. The molecule has 0 aliphatic carbocycles. The topological polar surface area (TPSA) is 67.4 Å². The maximum Gasteiger partial charge on any atom is 0.328 e. The zero-order valence-electron chi connectivity index (χ0n) is 10.2. The summed E-state index contributed by atoms with van der Waals surface area (Å²) >= 11 is 0. The standard InChI is InChI=1S/C13H16N2O3/c1-9-2-4-10(5-3-9)8-14-13(17)15-11-6-7-18-12(11)16/h2-5,11H,6-8H2,1H3,(H2,14,15,17). The number of hydrogen-bond donors (Lipinski definition) is 2. The van der Waals surface area contributed by atoms with Crippen LogP contribution in [0, 0.1) is 6.92 Å². The second-order valence-corrected chi connectivity index (χ2v) is 4.32. The number of esters is 1. The van der Waals surface area contributed by atoms with Gasteiger partial charge in [0.15, 0.2) is 0 Å². The van der Waals surface area contributed by atoms with Crippen LogP contribution in [0.25, 0.3) is 0 Å². The van der Waals surface area contributed by atoms with Crippen LogP contribution in [0.1, 0.15) is 17.5 Å². The fourth-order valence-electron chi connectivity index (χ4n) is 1.72. The summed E-state index contributed by atoms with van der Waals surface area (Å²) in [6.07, 6.45) is 0.538. The average molecular weight is 248 g/mol. The van der Waals surface area contributed by atoms with Crippen molar-refractivity contribution in [2.45, 2.75) is 25.9 Å². The first-order chi connectivity index (χ1) is 8.65. The fraction of sp³-hybridized carbons (Fsp3) is 0.385. The van der Waals surface area contributed by atoms with E-state index < -0.39 is 6.04 Å². The molecule has 0 radical (unpaired) electrons. The Kier molecular flexibility index (Phi) is 3.82. The highest BCUT2D eigenvalue weighted by atomic mass is 16.5. The molecule has 5 heteroatoms. The van der Waals surface area contributed by atoms with Crippen molar-refractivity contribution in [3.05, 3.63) is 35.4 Å². The van der Waals surface area contributed by atoms with Crippen LogP contribution in [0.5, 0.6) is 0 Å². The molecule has 1 aliphatic heterocycles. The molecule has 1 aromatic carbocycles. The van der Waals surface area contributed by atoms with E-state index in [4.69, 9.17) is 4.74 Å². The number of urea groups is 1. The van der Waals surface area contributed by atoms with Crippen molar-refractivity contribution >= 4 is 12.0 Å². The van der Waals surface area contributed by atoms with Crippen LogP contribution < -0.4 is 10.6 Å². The third kappa shape index (κ3) is 3.23. The second-order valence-electron chi connectivity index (χ2n) is 4.32. The minimum Gasteiger partial charge on any atom is -0.464 e. The Morgan fingerprint density at radius 1 is 1.39 bits per heavy atom. The summed E-state index contributed by atoms with van der Waals surface area (Å²) in [6.45, 7) is 2.82. The lowest BCUT2D eigenvalue weighted by molar-refractivity contribution is -0.139. The van der Waals surface area contributed by atoms with Crippen LogP contribution in [0.3, 0.4) is 0 Å². The zero-order valence-corrected chi connectivity index (χ0v) is 10.2. The summed E-state index contributed by atoms with van der Waals surface area (Å²) < 4.78 is 4.76. The van der Waals surface area contributed by atoms with Crippen molar-refractivity contribution in [3.8, 4) is 0 Å². The van der Waals surface area contributed by atoms with Gasteiger partial charge in [0.05, 0.1) is 6.61 Å². The van der Waals surface area contributed by atoms with Crippen molar-refractivity contribution < 1.29 is 14.3 Å². The number of ether oxygens (including phenoxy) is 1. The molecule has 2 N–H and O–H groups in total. The molecule has 0 spiro atoms. The van der Waals surface area contributed by atoms with Gasteiger partial charge in [0, 0.05) is 13.0 Å². The number of aryl methyl sites for hydroxylation is 1. The number of amides is 2. The van der Waals surface area contributed by atoms with Crippen molar-refractivity contribution in [2.24, 2.45) is 0 Å². The molecule has 1 saturated heterocycles. The molecule has 1 aromatic rings. The first-order valence-electron chi connectivity index (χ1n) is 5.92. The molecule has 5 nitrogen and oxygen atoms in total. The van der Waals surface area contributed by atoms with Crippen LogP contribution >= 0.6 is 0 Å². The van der Waals surface area contributed by atoms with Crippen molar-refractivity contribution in [1.82, 2.24) is 10.6 Å². The predicted octanol–water partition coefficient (Wildman–Crippen LogP) is 1.11. The fourth-order valence-corrected chi connectivity index (χ4v) is 1.72. The van der Waals surface area contributed by atoms with Gasteiger partial charge in [-0.1, -0.05) is 29.8 Å². The molecule has 96 valence electrons. The van der Waals surface area contributed by atoms with E-state index >= 15 is 0 Å². The molecular formula is C13H16N2O3. The molecule has 2 rings (SSSR count). The van der Waals surface area contributed by atoms with Gasteiger partial charge in [0.1, 0.15) is 6.04 Å². The molecule has 1 heterocycles. The number of cyclic esters (lactones) is 1. The van der Waals surface area contributed by atoms with Gasteiger partial charge in [-0.15, -0.1) is 0 Å². The highest BCUT2D eigenvalue weighted by molar-refractivity contribution is 5.84. The molecule has 1 aliphatic rings. The summed E-state index contributed by atoms with van der Waals surface area (Å²) in [5, 5.41) is 5.29. The largest absolute Gasteiger partial charge is 0.464 e. The summed E-state index contributed by atoms with van der Waals surface area (Å²) in [6, 6.07) is 7.04. The number of carbonyl (C=O) groups excluding carboxylic acids is 2. The normalized spacial score (nSPS) is 18.3. The van der Waals surface area contributed by atoms with Gasteiger partial charge in [0.25, 0.3) is 0 Å². The van der Waals surface area contributed by atoms with Crippen LogP contribution in [-0.4, -0.2) is 24.6 Å². The minimum atomic E-state index is -0.511. The number of benzene rings is 1. The quantitative estimate of drug-likeness (QED) is 0.787. The number of nitrogens with one attached hydrogen (secondary N) is 2. The lowest BCUT2D eigenvalue weighted by Crippen LogP contribution is -2.43. The van der Waals surface area contributed by atoms with Gasteiger partial charge in [-0.2, -0.15) is 0 Å². The Bertz CT molecular complexity index is 442. The first-order valence-corrected chi connectivity index (χ1v) is 5.92. The van der Waals surface area contributed by atoms with Crippen LogP contribution in [0.4, 0.5) is 4.79 Å². The van der Waals surface area contributed by atoms with Crippen molar-refractivity contribution in [1.29, 1.82) is 0 Å². The monoisotopic (exact) mass is 248 g/mol. The lowest BCUT2D eigenvalue weighted by Gasteiger charge is -2.10. The Hall–Kier alpha value is -2.04. The van der Waals surface area contributed by atoms with Crippen LogP contribution in [0.15, 0.2) is 24.3 Å². The molecule has 1 fully saturated rings. The van der Waals surface area contributed by atoms with E-state index in [-0.39, 0.29) is 12.0 Å². The third-order valence-electron chi connectivity index (χ3n) is 2.81. The van der Waals surface area contributed by atoms with E-state index in [1.807, 2.05) is 31.2 Å². The Morgan fingerprint density at radius 3 is 2.72 bits per heavy atom. The maximum absolute atomic E-state index is 11.6. The van der Waals surface area contributed by atoms with E-state index in [0.717, 1.165) is 5.56 Å². The minimum absolute atomic E-state index is 0.348. The lowest BCUT2D eigenvalue weighted by atomic mass is 10.1. The van der Waals surface area contributed by atoms with Crippen LogP contribution in [0.2, 0.25) is 0 Å². The van der Waals surface area contributed by atoms with E-state index in [0.29, 0.717) is 19.6 Å². The van der Waals surface area contributed by atoms with E-state index in [9.17, 15) is 9.59 Å². The Balaban J connectivity index is 1.78. The molecule has 18 heavy (non-hydrogen) atoms. The summed E-state index contributed by atoms with van der Waals surface area (Å²) in [5.74, 6) is -0.361. The SMILES string of the molecule is Cc1ccc(CNC(=O)NC2CCOC2=O)cc1. The van der Waals surface area contributed by atoms with Crippen molar-refractivity contribution in [2.75, 3.05) is 6.61 Å². The summed E-state index contributed by atoms with van der Waals surface area (Å²) in [5.41, 5.74) is 2.20. The molecule has 1 unspecified atom stereocenters. The first kappa shape index (κ1) is 12.4. The average Bonchev–Trinajstić information content (AvgIpc) is 2.74. The molecule has 0 bridgehead atoms. The highest BCUT2D eigenvalue weighted by Crippen LogP contribution is 2.05. The van der Waals surface area contributed by atoms with Gasteiger partial charge in [-0.25, -0.2) is 9.59 Å². The highest BCUT2D eigenvalue weighted by Gasteiger charge is 2.27. The Morgan fingerprint density at radius 2 is 2.11 bits per heavy atom. The van der Waals surface area contributed by atoms with Gasteiger partial charge in [-0.05, 0) is 12.5 Å². The van der Waals surface area contributed by atoms with Gasteiger partial charge < -0.3 is 15.4 Å². The third-order valence-corrected chi connectivity index (χ3v) is 2.81. The predicted molar refractivity (Wildman–Crippen MR) is 65.9 cm³/mol.